The van der Waals surface area contributed by atoms with Gasteiger partial charge in [0.05, 0.1) is 12.8 Å². The van der Waals surface area contributed by atoms with Gasteiger partial charge in [-0.2, -0.15) is 0 Å². The molecule has 11 heavy (non-hydrogen) atoms. The molecule has 0 fully saturated rings. The van der Waals surface area contributed by atoms with E-state index in [0.29, 0.717) is 0 Å². The maximum absolute atomic E-state index is 10.3. The summed E-state index contributed by atoms with van der Waals surface area (Å²) in [5.74, 6) is -1.14. The van der Waals surface area contributed by atoms with E-state index >= 15 is 0 Å². The van der Waals surface area contributed by atoms with Crippen molar-refractivity contribution in [3.05, 3.63) is 0 Å². The summed E-state index contributed by atoms with van der Waals surface area (Å²) in [5, 5.41) is 0. The van der Waals surface area contributed by atoms with Crippen LogP contribution in [0.4, 0.5) is 0 Å². The molecule has 0 aromatic rings. The average molecular weight is 206 g/mol. The average Bonchev–Trinajstić information content (AvgIpc) is 1.99. The molecule has 60 valence electrons. The molecule has 0 unspecified atom stereocenters. The molecule has 0 saturated heterocycles. The molecule has 4 nitrogen and oxygen atoms in total. The standard InChI is InChI=1S/C4H6O4S2.Na.H/c5-3(7-9)1-2-4(6)8-10;;/h9-10H,1-2H2;;. The second-order valence-electron chi connectivity index (χ2n) is 1.43. The van der Waals surface area contributed by atoms with Crippen molar-refractivity contribution >= 4 is 67.3 Å². The second-order valence-corrected chi connectivity index (χ2v) is 1.79. The van der Waals surface area contributed by atoms with Gasteiger partial charge in [-0.05, 0) is 0 Å². The summed E-state index contributed by atoms with van der Waals surface area (Å²) in [7, 11) is 0. The van der Waals surface area contributed by atoms with E-state index in [9.17, 15) is 9.59 Å². The molecule has 0 aliphatic rings. The SMILES string of the molecule is O=C(CCC(=O)OS)OS.[NaH]. The molecule has 0 spiro atoms. The van der Waals surface area contributed by atoms with Crippen molar-refractivity contribution in [2.45, 2.75) is 12.8 Å². The Morgan fingerprint density at radius 2 is 1.27 bits per heavy atom. The van der Waals surface area contributed by atoms with Crippen molar-refractivity contribution in [3.8, 4) is 0 Å². The molecule has 0 aliphatic carbocycles. The van der Waals surface area contributed by atoms with Gasteiger partial charge in [0, 0.05) is 25.8 Å². The van der Waals surface area contributed by atoms with E-state index in [1.807, 2.05) is 0 Å². The van der Waals surface area contributed by atoms with Crippen molar-refractivity contribution in [2.24, 2.45) is 0 Å². The van der Waals surface area contributed by atoms with Crippen LogP contribution in [-0.4, -0.2) is 41.5 Å². The first-order valence-corrected chi connectivity index (χ1v) is 3.12. The van der Waals surface area contributed by atoms with Crippen LogP contribution >= 0.6 is 25.8 Å². The van der Waals surface area contributed by atoms with Crippen molar-refractivity contribution in [2.75, 3.05) is 0 Å². The van der Waals surface area contributed by atoms with E-state index in [2.05, 4.69) is 34.2 Å². The molecule has 0 heterocycles. The third-order valence-electron chi connectivity index (χ3n) is 0.737. The Hall–Kier alpha value is 0.640. The zero-order valence-corrected chi connectivity index (χ0v) is 6.73. The van der Waals surface area contributed by atoms with E-state index in [1.165, 1.54) is 0 Å². The fourth-order valence-electron chi connectivity index (χ4n) is 0.295. The third-order valence-corrected chi connectivity index (χ3v) is 1.14. The molecule has 0 saturated carbocycles. The molecule has 0 radical (unpaired) electrons. The van der Waals surface area contributed by atoms with Gasteiger partial charge in [0.1, 0.15) is 0 Å². The van der Waals surface area contributed by atoms with Gasteiger partial charge in [-0.25, -0.2) is 0 Å². The Kier molecular flexibility index (Phi) is 11.3. The van der Waals surface area contributed by atoms with Gasteiger partial charge in [0.2, 0.25) is 0 Å². The van der Waals surface area contributed by atoms with E-state index in [-0.39, 0.29) is 42.4 Å². The topological polar surface area (TPSA) is 52.6 Å². The van der Waals surface area contributed by atoms with Crippen LogP contribution in [0.15, 0.2) is 0 Å². The van der Waals surface area contributed by atoms with Gasteiger partial charge in [0.15, 0.2) is 0 Å². The van der Waals surface area contributed by atoms with Crippen LogP contribution in [0.1, 0.15) is 12.8 Å². The van der Waals surface area contributed by atoms with Crippen LogP contribution in [0.2, 0.25) is 0 Å². The molecule has 0 aromatic carbocycles. The molecule has 7 heteroatoms. The summed E-state index contributed by atoms with van der Waals surface area (Å²) < 4.78 is 7.94. The third kappa shape index (κ3) is 8.55. The zero-order valence-electron chi connectivity index (χ0n) is 4.94. The van der Waals surface area contributed by atoms with E-state index in [4.69, 9.17) is 0 Å². The number of hydrogen-bond donors (Lipinski definition) is 2. The first-order chi connectivity index (χ1) is 4.70. The second kappa shape index (κ2) is 8.73. The fourth-order valence-corrected chi connectivity index (χ4v) is 0.478. The van der Waals surface area contributed by atoms with Crippen LogP contribution in [-0.2, 0) is 18.0 Å². The van der Waals surface area contributed by atoms with Crippen LogP contribution in [0.3, 0.4) is 0 Å². The van der Waals surface area contributed by atoms with Gasteiger partial charge in [-0.15, -0.1) is 0 Å². The Morgan fingerprint density at radius 3 is 1.45 bits per heavy atom. The normalized spacial score (nSPS) is 7.82. The van der Waals surface area contributed by atoms with Gasteiger partial charge in [-0.1, -0.05) is 0 Å². The zero-order chi connectivity index (χ0) is 7.98. The predicted octanol–water partition coefficient (Wildman–Crippen LogP) is -0.106. The molecule has 0 amide bonds. The molecular weight excluding hydrogens is 199 g/mol. The van der Waals surface area contributed by atoms with Gasteiger partial charge < -0.3 is 8.37 Å². The van der Waals surface area contributed by atoms with Crippen molar-refractivity contribution < 1.29 is 18.0 Å². The number of carbonyl (C=O) groups excluding carboxylic acids is 2. The maximum atomic E-state index is 10.3. The molecular formula is C4H7NaO4S2. The van der Waals surface area contributed by atoms with Gasteiger partial charge >= 0.3 is 41.5 Å². The van der Waals surface area contributed by atoms with Gasteiger partial charge in [0.25, 0.3) is 0 Å². The van der Waals surface area contributed by atoms with Crippen LogP contribution < -0.4 is 0 Å². The number of rotatable bonds is 3. The first kappa shape index (κ1) is 14.2. The fraction of sp³-hybridized carbons (Fsp3) is 0.500. The van der Waals surface area contributed by atoms with Crippen molar-refractivity contribution in [1.29, 1.82) is 0 Å². The summed E-state index contributed by atoms with van der Waals surface area (Å²) in [4.78, 5) is 20.6. The number of carbonyl (C=O) groups is 2. The number of hydrogen-bond acceptors (Lipinski definition) is 6. The Morgan fingerprint density at radius 1 is 1.00 bits per heavy atom. The van der Waals surface area contributed by atoms with Crippen molar-refractivity contribution in [3.63, 3.8) is 0 Å². The molecule has 0 atom stereocenters. The minimum absolute atomic E-state index is 0. The minimum atomic E-state index is -0.568. The van der Waals surface area contributed by atoms with Crippen LogP contribution in [0.25, 0.3) is 0 Å². The van der Waals surface area contributed by atoms with Gasteiger partial charge in [-0.3, -0.25) is 9.59 Å². The molecule has 0 N–H and O–H groups in total. The monoisotopic (exact) mass is 206 g/mol. The molecule has 0 rings (SSSR count). The first-order valence-electron chi connectivity index (χ1n) is 2.39. The Balaban J connectivity index is 0. The predicted molar refractivity (Wildman–Crippen MR) is 46.5 cm³/mol. The van der Waals surface area contributed by atoms with E-state index in [1.54, 1.807) is 0 Å². The Labute approximate surface area is 97.5 Å². The summed E-state index contributed by atoms with van der Waals surface area (Å²) in [5.41, 5.74) is 0. The molecule has 0 bridgehead atoms. The molecule has 0 aliphatic heterocycles. The van der Waals surface area contributed by atoms with Crippen LogP contribution in [0.5, 0.6) is 0 Å². The van der Waals surface area contributed by atoms with Crippen LogP contribution in [0, 0.1) is 0 Å². The summed E-state index contributed by atoms with van der Waals surface area (Å²) in [6.45, 7) is 0. The Bertz CT molecular complexity index is 124. The summed E-state index contributed by atoms with van der Waals surface area (Å²) in [6, 6.07) is 0. The van der Waals surface area contributed by atoms with Crippen molar-refractivity contribution in [1.82, 2.24) is 0 Å². The quantitative estimate of drug-likeness (QED) is 0.384. The number of thiol groups is 2. The molecule has 0 aromatic heterocycles. The van der Waals surface area contributed by atoms with E-state index in [0.717, 1.165) is 0 Å². The summed E-state index contributed by atoms with van der Waals surface area (Å²) >= 11 is 6.45. The van der Waals surface area contributed by atoms with E-state index < -0.39 is 11.9 Å². The summed E-state index contributed by atoms with van der Waals surface area (Å²) in [6.07, 6.45) is -0.0776.